The van der Waals surface area contributed by atoms with Gasteiger partial charge in [0.25, 0.3) is 11.5 Å². The van der Waals surface area contributed by atoms with Gasteiger partial charge in [-0.25, -0.2) is 0 Å². The van der Waals surface area contributed by atoms with Crippen LogP contribution in [0.2, 0.25) is 0 Å². The molecule has 3 rings (SSSR count). The van der Waals surface area contributed by atoms with Gasteiger partial charge in [-0.05, 0) is 36.4 Å². The van der Waals surface area contributed by atoms with Crippen molar-refractivity contribution in [2.45, 2.75) is 6.54 Å². The van der Waals surface area contributed by atoms with E-state index in [1.165, 1.54) is 17.2 Å². The summed E-state index contributed by atoms with van der Waals surface area (Å²) < 4.78 is 5.23. The molecule has 0 unspecified atom stereocenters. The van der Waals surface area contributed by atoms with Gasteiger partial charge in [0.1, 0.15) is 11.3 Å². The third-order valence-electron chi connectivity index (χ3n) is 3.40. The zero-order valence-corrected chi connectivity index (χ0v) is 12.5. The summed E-state index contributed by atoms with van der Waals surface area (Å²) >= 11 is 0. The molecular weight excluding hydrogens is 294 g/mol. The van der Waals surface area contributed by atoms with Crippen LogP contribution in [0.3, 0.4) is 0 Å². The minimum absolute atomic E-state index is 0.0822. The number of aromatic nitrogens is 2. The maximum absolute atomic E-state index is 12.4. The highest BCUT2D eigenvalue weighted by Gasteiger charge is 2.17. The van der Waals surface area contributed by atoms with Gasteiger partial charge in [-0.1, -0.05) is 6.07 Å². The van der Waals surface area contributed by atoms with Crippen LogP contribution in [0.5, 0.6) is 0 Å². The minimum atomic E-state index is -0.447. The highest BCUT2D eigenvalue weighted by atomic mass is 16.3. The first-order valence-electron chi connectivity index (χ1n) is 7.08. The van der Waals surface area contributed by atoms with E-state index >= 15 is 0 Å². The predicted octanol–water partition coefficient (Wildman–Crippen LogP) is 2.30. The maximum Gasteiger partial charge on any atom is 0.261 e. The molecule has 3 aromatic rings. The summed E-state index contributed by atoms with van der Waals surface area (Å²) in [7, 11) is 1.64. The Morgan fingerprint density at radius 2 is 2.09 bits per heavy atom. The van der Waals surface area contributed by atoms with Crippen LogP contribution >= 0.6 is 0 Å². The molecule has 1 amide bonds. The van der Waals surface area contributed by atoms with E-state index < -0.39 is 5.56 Å². The van der Waals surface area contributed by atoms with Crippen molar-refractivity contribution in [3.8, 4) is 11.5 Å². The first-order valence-corrected chi connectivity index (χ1v) is 7.08. The normalized spacial score (nSPS) is 10.5. The Labute approximate surface area is 132 Å². The molecule has 0 aromatic carbocycles. The number of nitrogens with one attached hydrogen (secondary N) is 1. The van der Waals surface area contributed by atoms with Crippen LogP contribution < -0.4 is 5.56 Å². The van der Waals surface area contributed by atoms with Gasteiger partial charge in [-0.2, -0.15) is 0 Å². The van der Waals surface area contributed by atoms with Crippen LogP contribution in [0.1, 0.15) is 16.1 Å². The number of carbonyl (C=O) groups is 1. The number of pyridine rings is 2. The SMILES string of the molecule is CN(Cc1ccccn1)C(=O)c1ccc(-c2ccco2)[nH]c1=O. The molecule has 0 saturated carbocycles. The van der Waals surface area contributed by atoms with Gasteiger partial charge >= 0.3 is 0 Å². The number of rotatable bonds is 4. The number of hydrogen-bond acceptors (Lipinski definition) is 4. The zero-order chi connectivity index (χ0) is 16.2. The molecule has 0 fully saturated rings. The van der Waals surface area contributed by atoms with Crippen molar-refractivity contribution in [2.75, 3.05) is 7.05 Å². The number of aromatic amines is 1. The van der Waals surface area contributed by atoms with Gasteiger partial charge in [0.15, 0.2) is 0 Å². The molecular formula is C17H15N3O3. The van der Waals surface area contributed by atoms with Crippen LogP contribution in [-0.2, 0) is 6.54 Å². The Morgan fingerprint density at radius 1 is 1.22 bits per heavy atom. The first-order chi connectivity index (χ1) is 11.1. The van der Waals surface area contributed by atoms with Gasteiger partial charge < -0.3 is 14.3 Å². The molecule has 1 N–H and O–H groups in total. The van der Waals surface area contributed by atoms with Gasteiger partial charge in [-0.3, -0.25) is 14.6 Å². The number of hydrogen-bond donors (Lipinski definition) is 1. The second kappa shape index (κ2) is 6.31. The predicted molar refractivity (Wildman–Crippen MR) is 84.8 cm³/mol. The van der Waals surface area contributed by atoms with Gasteiger partial charge in [-0.15, -0.1) is 0 Å². The molecule has 0 aliphatic heterocycles. The second-order valence-corrected chi connectivity index (χ2v) is 5.07. The maximum atomic E-state index is 12.4. The average Bonchev–Trinajstić information content (AvgIpc) is 3.09. The lowest BCUT2D eigenvalue weighted by Crippen LogP contribution is -2.31. The quantitative estimate of drug-likeness (QED) is 0.802. The van der Waals surface area contributed by atoms with Crippen LogP contribution in [0.15, 0.2) is 64.1 Å². The van der Waals surface area contributed by atoms with Crippen LogP contribution in [0, 0.1) is 0 Å². The summed E-state index contributed by atoms with van der Waals surface area (Å²) in [6.45, 7) is 0.332. The van der Waals surface area contributed by atoms with E-state index in [0.717, 1.165) is 5.69 Å². The van der Waals surface area contributed by atoms with Crippen molar-refractivity contribution in [1.29, 1.82) is 0 Å². The highest BCUT2D eigenvalue weighted by Crippen LogP contribution is 2.16. The molecule has 0 aliphatic rings. The Hall–Kier alpha value is -3.15. The van der Waals surface area contributed by atoms with E-state index in [0.29, 0.717) is 18.0 Å². The summed E-state index contributed by atoms with van der Waals surface area (Å²) in [5, 5.41) is 0. The largest absolute Gasteiger partial charge is 0.463 e. The van der Waals surface area contributed by atoms with Gasteiger partial charge in [0.2, 0.25) is 0 Å². The van der Waals surface area contributed by atoms with E-state index in [2.05, 4.69) is 9.97 Å². The molecule has 6 heteroatoms. The fraction of sp³-hybridized carbons (Fsp3) is 0.118. The molecule has 3 heterocycles. The topological polar surface area (TPSA) is 79.2 Å². The summed E-state index contributed by atoms with van der Waals surface area (Å²) in [5.41, 5.74) is 0.923. The van der Waals surface area contributed by atoms with Crippen molar-refractivity contribution in [1.82, 2.24) is 14.9 Å². The Bertz CT molecular complexity index is 854. The molecule has 0 aliphatic carbocycles. The lowest BCUT2D eigenvalue weighted by atomic mass is 10.2. The number of nitrogens with zero attached hydrogens (tertiary/aromatic N) is 2. The molecule has 6 nitrogen and oxygen atoms in total. The third-order valence-corrected chi connectivity index (χ3v) is 3.40. The lowest BCUT2D eigenvalue weighted by molar-refractivity contribution is 0.0781. The molecule has 0 atom stereocenters. The van der Waals surface area contributed by atoms with E-state index in [9.17, 15) is 9.59 Å². The number of furan rings is 1. The van der Waals surface area contributed by atoms with Crippen LogP contribution in [-0.4, -0.2) is 27.8 Å². The summed E-state index contributed by atoms with van der Waals surface area (Å²) in [5.74, 6) is 0.186. The fourth-order valence-corrected chi connectivity index (χ4v) is 2.23. The molecule has 116 valence electrons. The summed E-state index contributed by atoms with van der Waals surface area (Å²) in [6.07, 6.45) is 3.19. The zero-order valence-electron chi connectivity index (χ0n) is 12.5. The molecule has 3 aromatic heterocycles. The number of H-pyrrole nitrogens is 1. The smallest absolute Gasteiger partial charge is 0.261 e. The van der Waals surface area contributed by atoms with Crippen molar-refractivity contribution in [3.63, 3.8) is 0 Å². The first kappa shape index (κ1) is 14.8. The van der Waals surface area contributed by atoms with Crippen LogP contribution in [0.4, 0.5) is 0 Å². The highest BCUT2D eigenvalue weighted by molar-refractivity contribution is 5.93. The van der Waals surface area contributed by atoms with E-state index in [-0.39, 0.29) is 11.5 Å². The Kier molecular flexibility index (Phi) is 4.05. The molecule has 0 saturated heterocycles. The monoisotopic (exact) mass is 309 g/mol. The van der Waals surface area contributed by atoms with E-state index in [4.69, 9.17) is 4.42 Å². The van der Waals surface area contributed by atoms with Gasteiger partial charge in [0, 0.05) is 13.2 Å². The number of carbonyl (C=O) groups excluding carboxylic acids is 1. The van der Waals surface area contributed by atoms with Crippen molar-refractivity contribution >= 4 is 5.91 Å². The lowest BCUT2D eigenvalue weighted by Gasteiger charge is -2.16. The molecule has 0 bridgehead atoms. The Morgan fingerprint density at radius 3 is 2.74 bits per heavy atom. The molecule has 23 heavy (non-hydrogen) atoms. The van der Waals surface area contributed by atoms with E-state index in [1.807, 2.05) is 18.2 Å². The minimum Gasteiger partial charge on any atom is -0.463 e. The van der Waals surface area contributed by atoms with Crippen molar-refractivity contribution in [2.24, 2.45) is 0 Å². The molecule has 0 spiro atoms. The van der Waals surface area contributed by atoms with E-state index in [1.54, 1.807) is 31.4 Å². The van der Waals surface area contributed by atoms with Crippen LogP contribution in [0.25, 0.3) is 11.5 Å². The van der Waals surface area contributed by atoms with Crippen molar-refractivity contribution < 1.29 is 9.21 Å². The fourth-order valence-electron chi connectivity index (χ4n) is 2.23. The molecule has 0 radical (unpaired) electrons. The van der Waals surface area contributed by atoms with Crippen molar-refractivity contribution in [3.05, 3.63) is 76.5 Å². The Balaban J connectivity index is 1.81. The number of amides is 1. The summed E-state index contributed by atoms with van der Waals surface area (Å²) in [6, 6.07) is 12.1. The second-order valence-electron chi connectivity index (χ2n) is 5.07. The summed E-state index contributed by atoms with van der Waals surface area (Å²) in [4.78, 5) is 32.9. The standard InChI is InChI=1S/C17H15N3O3/c1-20(11-12-5-2-3-9-18-12)17(22)13-7-8-14(19-16(13)21)15-6-4-10-23-15/h2-10H,11H2,1H3,(H,19,21). The third kappa shape index (κ3) is 3.21. The van der Waals surface area contributed by atoms with Gasteiger partial charge in [0.05, 0.1) is 24.2 Å². The average molecular weight is 309 g/mol.